The monoisotopic (exact) mass is 563 g/mol. The largest absolute Gasteiger partial charge is 0.492 e. The molecule has 5 rings (SSSR count). The average Bonchev–Trinajstić information content (AvgIpc) is 2.93. The molecule has 2 bridgehead atoms. The van der Waals surface area contributed by atoms with Gasteiger partial charge in [0.2, 0.25) is 17.5 Å². The first-order valence-electron chi connectivity index (χ1n) is 13.5. The topological polar surface area (TPSA) is 172 Å². The van der Waals surface area contributed by atoms with Crippen LogP contribution in [-0.2, 0) is 33.4 Å². The highest BCUT2D eigenvalue weighted by Gasteiger charge is 2.59. The Bertz CT molecular complexity index is 1480. The fourth-order valence-electron chi connectivity index (χ4n) is 7.17. The van der Waals surface area contributed by atoms with Crippen molar-refractivity contribution in [1.82, 2.24) is 15.1 Å². The second-order valence-electron chi connectivity index (χ2n) is 11.1. The zero-order chi connectivity index (χ0) is 30.1. The summed E-state index contributed by atoms with van der Waals surface area (Å²) in [4.78, 5) is 71.0. The predicted molar refractivity (Wildman–Crippen MR) is 144 cm³/mol. The lowest BCUT2D eigenvalue weighted by Gasteiger charge is -2.60. The number of hydrogen-bond acceptors (Lipinski definition) is 11. The second kappa shape index (κ2) is 10.2. The molecule has 1 saturated heterocycles. The number of piperazine rings is 1. The molecule has 2 aliphatic carbocycles. The Morgan fingerprint density at radius 1 is 0.976 bits per heavy atom. The number of methoxy groups -OCH3 is 2. The average molecular weight is 564 g/mol. The normalized spacial score (nSPS) is 31.0. The van der Waals surface area contributed by atoms with E-state index in [0.29, 0.717) is 5.57 Å². The lowest BCUT2D eigenvalue weighted by molar-refractivity contribution is -0.126. The Balaban J connectivity index is 1.71. The molecule has 41 heavy (non-hydrogen) atoms. The van der Waals surface area contributed by atoms with Crippen molar-refractivity contribution in [2.45, 2.75) is 69.9 Å². The summed E-state index contributed by atoms with van der Waals surface area (Å²) in [7, 11) is 4.46. The molecule has 0 aromatic heterocycles. The fourth-order valence-corrected chi connectivity index (χ4v) is 7.17. The van der Waals surface area contributed by atoms with E-state index in [2.05, 4.69) is 11.4 Å². The molecule has 12 heteroatoms. The molecule has 3 heterocycles. The summed E-state index contributed by atoms with van der Waals surface area (Å²) in [6, 6.07) is -2.02. The van der Waals surface area contributed by atoms with E-state index in [0.717, 1.165) is 0 Å². The third-order valence-corrected chi connectivity index (χ3v) is 9.10. The number of hydrogen-bond donors (Lipinski definition) is 2. The molecule has 0 radical (unpaired) electrons. The maximum Gasteiger partial charge on any atom is 0.236 e. The number of nitrogens with zero attached hydrogens (tertiary/aromatic N) is 3. The minimum absolute atomic E-state index is 0.0292. The summed E-state index contributed by atoms with van der Waals surface area (Å²) < 4.78 is 10.7. The van der Waals surface area contributed by atoms with Crippen LogP contribution in [0.4, 0.5) is 0 Å². The zero-order valence-electron chi connectivity index (χ0n) is 23.9. The van der Waals surface area contributed by atoms with Crippen LogP contribution in [0.15, 0.2) is 45.0 Å². The smallest absolute Gasteiger partial charge is 0.236 e. The Morgan fingerprint density at radius 3 is 2.00 bits per heavy atom. The number of nitriles is 1. The molecule has 6 atom stereocenters. The number of Topliss-reactive ketones (excluding diaryl/α,β-unsaturated/α-hetero) is 4. The summed E-state index contributed by atoms with van der Waals surface area (Å²) in [5.74, 6) is -2.14. The summed E-state index contributed by atoms with van der Waals surface area (Å²) in [6.07, 6.45) is 0.192. The molecule has 0 spiro atoms. The molecule has 216 valence electrons. The number of carbonyl (C=O) groups is 5. The van der Waals surface area contributed by atoms with Gasteiger partial charge in [0.1, 0.15) is 6.04 Å². The summed E-state index contributed by atoms with van der Waals surface area (Å²) in [5, 5.41) is 13.3. The maximum absolute atomic E-state index is 13.8. The number of rotatable bonds is 5. The van der Waals surface area contributed by atoms with E-state index in [9.17, 15) is 29.2 Å². The quantitative estimate of drug-likeness (QED) is 0.417. The number of ether oxygens (including phenoxy) is 2. The van der Waals surface area contributed by atoms with Gasteiger partial charge in [0.05, 0.1) is 38.4 Å². The van der Waals surface area contributed by atoms with Crippen molar-refractivity contribution in [3.8, 4) is 6.07 Å². The molecular weight excluding hydrogens is 530 g/mol. The van der Waals surface area contributed by atoms with Gasteiger partial charge in [-0.05, 0) is 40.7 Å². The fraction of sp³-hybridized carbons (Fsp3) is 0.517. The predicted octanol–water partition coefficient (Wildman–Crippen LogP) is -0.391. The number of fused-ring (bicyclic) bond motifs is 5. The zero-order valence-corrected chi connectivity index (χ0v) is 23.9. The highest BCUT2D eigenvalue weighted by atomic mass is 16.5. The Labute approximate surface area is 237 Å². The van der Waals surface area contributed by atoms with Gasteiger partial charge in [0, 0.05) is 52.1 Å². The number of carbonyl (C=O) groups excluding carboxylic acids is 5. The van der Waals surface area contributed by atoms with E-state index >= 15 is 0 Å². The number of ketones is 4. The van der Waals surface area contributed by atoms with Gasteiger partial charge in [0.15, 0.2) is 23.1 Å². The molecule has 1 amide bonds. The van der Waals surface area contributed by atoms with E-state index in [1.54, 1.807) is 14.0 Å². The number of amides is 1. The SMILES string of the molecule is COC1=C(C)C(=O)C2=C(C1=O)[C@H]1[C@@H]3CC4=C(C(=O)C(OC)=C(C)C4=O)[C@H](CNC(=O)[C@H](C)N)N3C(C#N)[C@@H](C2)N1C. The van der Waals surface area contributed by atoms with Crippen molar-refractivity contribution >= 4 is 29.0 Å². The summed E-state index contributed by atoms with van der Waals surface area (Å²) in [6.45, 7) is 4.49. The van der Waals surface area contributed by atoms with Gasteiger partial charge in [-0.2, -0.15) is 5.26 Å². The van der Waals surface area contributed by atoms with Crippen LogP contribution in [0.3, 0.4) is 0 Å². The lowest BCUT2D eigenvalue weighted by atomic mass is 9.67. The molecular formula is C29H33N5O7. The second-order valence-corrected chi connectivity index (χ2v) is 11.1. The Morgan fingerprint density at radius 2 is 1.49 bits per heavy atom. The van der Waals surface area contributed by atoms with Gasteiger partial charge in [-0.15, -0.1) is 0 Å². The number of nitrogens with one attached hydrogen (secondary N) is 1. The van der Waals surface area contributed by atoms with Gasteiger partial charge in [0.25, 0.3) is 0 Å². The van der Waals surface area contributed by atoms with E-state index in [1.807, 2.05) is 9.80 Å². The van der Waals surface area contributed by atoms with E-state index in [1.165, 1.54) is 28.1 Å². The van der Waals surface area contributed by atoms with Gasteiger partial charge < -0.3 is 20.5 Å². The van der Waals surface area contributed by atoms with Crippen molar-refractivity contribution in [2.75, 3.05) is 27.8 Å². The van der Waals surface area contributed by atoms with Crippen LogP contribution < -0.4 is 11.1 Å². The maximum atomic E-state index is 13.8. The van der Waals surface area contributed by atoms with Gasteiger partial charge in [-0.3, -0.25) is 33.8 Å². The molecule has 5 aliphatic rings. The van der Waals surface area contributed by atoms with E-state index in [-0.39, 0.29) is 70.3 Å². The Hall–Kier alpha value is -3.92. The number of nitrogens with two attached hydrogens (primary N) is 1. The third kappa shape index (κ3) is 3.94. The minimum Gasteiger partial charge on any atom is -0.492 e. The van der Waals surface area contributed by atoms with Crippen LogP contribution in [0.1, 0.15) is 33.6 Å². The molecule has 1 fully saturated rings. The summed E-state index contributed by atoms with van der Waals surface area (Å²) >= 11 is 0. The van der Waals surface area contributed by atoms with Crippen LogP contribution >= 0.6 is 0 Å². The molecule has 0 aromatic carbocycles. The van der Waals surface area contributed by atoms with Crippen LogP contribution in [0.25, 0.3) is 0 Å². The molecule has 3 aliphatic heterocycles. The first-order valence-corrected chi connectivity index (χ1v) is 13.5. The minimum atomic E-state index is -0.889. The van der Waals surface area contributed by atoms with Gasteiger partial charge in [-0.25, -0.2) is 0 Å². The van der Waals surface area contributed by atoms with Crippen LogP contribution in [-0.4, -0.2) is 103 Å². The first-order chi connectivity index (χ1) is 19.4. The van der Waals surface area contributed by atoms with Gasteiger partial charge >= 0.3 is 0 Å². The highest BCUT2D eigenvalue weighted by Crippen LogP contribution is 2.48. The number of allylic oxidation sites excluding steroid dienone is 4. The third-order valence-electron chi connectivity index (χ3n) is 9.10. The Kier molecular flexibility index (Phi) is 7.09. The van der Waals surface area contributed by atoms with E-state index < -0.39 is 53.7 Å². The van der Waals surface area contributed by atoms with Crippen molar-refractivity contribution < 1.29 is 33.4 Å². The first kappa shape index (κ1) is 28.6. The van der Waals surface area contributed by atoms with E-state index in [4.69, 9.17) is 15.2 Å². The van der Waals surface area contributed by atoms with Crippen LogP contribution in [0.2, 0.25) is 0 Å². The molecule has 1 unspecified atom stereocenters. The number of likely N-dealkylation sites (N-methyl/N-ethyl adjacent to an activating group) is 1. The molecule has 12 nitrogen and oxygen atoms in total. The molecule has 0 aromatic rings. The van der Waals surface area contributed by atoms with Crippen molar-refractivity contribution in [3.05, 3.63) is 45.0 Å². The molecule has 3 N–H and O–H groups in total. The van der Waals surface area contributed by atoms with Gasteiger partial charge in [-0.1, -0.05) is 0 Å². The lowest BCUT2D eigenvalue weighted by Crippen LogP contribution is -2.74. The van der Waals surface area contributed by atoms with Crippen molar-refractivity contribution in [3.63, 3.8) is 0 Å². The van der Waals surface area contributed by atoms with Crippen molar-refractivity contribution in [2.24, 2.45) is 5.73 Å². The van der Waals surface area contributed by atoms with Crippen LogP contribution in [0.5, 0.6) is 0 Å². The van der Waals surface area contributed by atoms with Crippen LogP contribution in [0, 0.1) is 11.3 Å². The summed E-state index contributed by atoms with van der Waals surface area (Å²) in [5.41, 5.74) is 7.20. The highest BCUT2D eigenvalue weighted by molar-refractivity contribution is 6.26. The standard InChI is InChI=1S/C29H33N5O7/c1-11-23(35)14-8-17-22-21-15(24(36)12(2)28(41-6)26(21)38)7-16(33(22)4)18(9-30)34(17)19(10-32-29(39)13(3)31)20(14)25(37)27(11)40-5/h13,16-19,22H,7-8,10,31H2,1-6H3,(H,32,39)/t13-,16+,17-,18?,19-,22+/m0/s1. The van der Waals surface area contributed by atoms with Crippen molar-refractivity contribution in [1.29, 1.82) is 5.26 Å². The molecule has 0 saturated carbocycles.